The fourth-order valence-electron chi connectivity index (χ4n) is 4.58. The minimum absolute atomic E-state index is 0.0150. The predicted octanol–water partition coefficient (Wildman–Crippen LogP) is 5.32. The zero-order valence-electron chi connectivity index (χ0n) is 26.1. The van der Waals surface area contributed by atoms with E-state index in [4.69, 9.17) is 9.47 Å². The zero-order valence-corrected chi connectivity index (χ0v) is 26.9. The third-order valence-electron chi connectivity index (χ3n) is 6.69. The first-order valence-electron chi connectivity index (χ1n) is 14.4. The molecule has 3 aromatic carbocycles. The van der Waals surface area contributed by atoms with Crippen LogP contribution in [0.1, 0.15) is 52.2 Å². The zero-order chi connectivity index (χ0) is 31.8. The van der Waals surface area contributed by atoms with Crippen molar-refractivity contribution in [3.05, 3.63) is 83.9 Å². The lowest BCUT2D eigenvalue weighted by Crippen LogP contribution is -2.55. The summed E-state index contributed by atoms with van der Waals surface area (Å²) in [6.45, 7) is 11.2. The number of ether oxygens (including phenoxy) is 2. The first-order valence-corrected chi connectivity index (χ1v) is 15.8. The number of methoxy groups -OCH3 is 1. The monoisotopic (exact) mass is 609 g/mol. The molecule has 0 bridgehead atoms. The van der Waals surface area contributed by atoms with Gasteiger partial charge in [0, 0.05) is 12.1 Å². The molecular formula is C33H43N3O6S. The fraction of sp³-hybridized carbons (Fsp3) is 0.394. The molecule has 0 heterocycles. The lowest BCUT2D eigenvalue weighted by Gasteiger charge is -2.34. The molecule has 0 fully saturated rings. The average Bonchev–Trinajstić information content (AvgIpc) is 2.96. The number of hydrogen-bond donors (Lipinski definition) is 1. The minimum atomic E-state index is -4.18. The average molecular weight is 610 g/mol. The fourth-order valence-corrected chi connectivity index (χ4v) is 6.00. The molecule has 0 radical (unpaired) electrons. The van der Waals surface area contributed by atoms with E-state index in [-0.39, 0.29) is 17.3 Å². The number of amides is 2. The summed E-state index contributed by atoms with van der Waals surface area (Å²) in [7, 11) is -2.63. The second-order valence-electron chi connectivity index (χ2n) is 11.3. The molecule has 10 heteroatoms. The smallest absolute Gasteiger partial charge is 0.264 e. The van der Waals surface area contributed by atoms with Gasteiger partial charge in [-0.1, -0.05) is 36.8 Å². The van der Waals surface area contributed by atoms with Gasteiger partial charge in [-0.3, -0.25) is 13.9 Å². The summed E-state index contributed by atoms with van der Waals surface area (Å²) in [5.74, 6) is 0.312. The maximum atomic E-state index is 14.2. The molecule has 0 unspecified atom stereocenters. The molecule has 0 saturated heterocycles. The van der Waals surface area contributed by atoms with Crippen LogP contribution in [0.2, 0.25) is 0 Å². The number of carbonyl (C=O) groups is 2. The van der Waals surface area contributed by atoms with Gasteiger partial charge in [-0.05, 0) is 95.1 Å². The van der Waals surface area contributed by atoms with Crippen molar-refractivity contribution < 1.29 is 27.5 Å². The van der Waals surface area contributed by atoms with Gasteiger partial charge in [-0.15, -0.1) is 0 Å². The van der Waals surface area contributed by atoms with Crippen molar-refractivity contribution in [2.45, 2.75) is 71.0 Å². The second kappa shape index (κ2) is 14.4. The highest BCUT2D eigenvalue weighted by molar-refractivity contribution is 7.92. The number of sulfonamides is 1. The van der Waals surface area contributed by atoms with E-state index in [1.165, 1.54) is 17.0 Å². The molecule has 3 rings (SSSR count). The first kappa shape index (κ1) is 33.5. The molecule has 2 amide bonds. The van der Waals surface area contributed by atoms with Crippen LogP contribution in [-0.4, -0.2) is 57.0 Å². The normalized spacial score (nSPS) is 12.3. The number of nitrogens with one attached hydrogen (secondary N) is 1. The van der Waals surface area contributed by atoms with Crippen LogP contribution in [0.15, 0.2) is 77.7 Å². The van der Waals surface area contributed by atoms with Gasteiger partial charge in [0.1, 0.15) is 24.1 Å². The Hall–Kier alpha value is -4.05. The molecule has 232 valence electrons. The largest absolute Gasteiger partial charge is 0.497 e. The molecule has 9 nitrogen and oxygen atoms in total. The highest BCUT2D eigenvalue weighted by Crippen LogP contribution is 2.27. The molecule has 0 saturated carbocycles. The minimum Gasteiger partial charge on any atom is -0.497 e. The molecule has 1 N–H and O–H groups in total. The van der Waals surface area contributed by atoms with Gasteiger partial charge in [-0.2, -0.15) is 0 Å². The highest BCUT2D eigenvalue weighted by Gasteiger charge is 2.34. The van der Waals surface area contributed by atoms with E-state index in [0.29, 0.717) is 30.2 Å². The van der Waals surface area contributed by atoms with Crippen LogP contribution in [0.4, 0.5) is 5.69 Å². The summed E-state index contributed by atoms with van der Waals surface area (Å²) in [6, 6.07) is 19.4. The van der Waals surface area contributed by atoms with Crippen molar-refractivity contribution in [2.75, 3.05) is 24.6 Å². The van der Waals surface area contributed by atoms with Gasteiger partial charge in [0.2, 0.25) is 11.8 Å². The Morgan fingerprint density at radius 1 is 0.930 bits per heavy atom. The van der Waals surface area contributed by atoms with E-state index in [9.17, 15) is 18.0 Å². The van der Waals surface area contributed by atoms with Crippen molar-refractivity contribution in [3.8, 4) is 11.5 Å². The van der Waals surface area contributed by atoms with E-state index in [2.05, 4.69) is 5.32 Å². The molecule has 1 atom stereocenters. The maximum Gasteiger partial charge on any atom is 0.264 e. The number of hydrogen-bond acceptors (Lipinski definition) is 6. The van der Waals surface area contributed by atoms with Gasteiger partial charge < -0.3 is 19.7 Å². The van der Waals surface area contributed by atoms with Crippen molar-refractivity contribution in [1.29, 1.82) is 0 Å². The summed E-state index contributed by atoms with van der Waals surface area (Å²) in [5.41, 5.74) is 1.49. The van der Waals surface area contributed by atoms with Gasteiger partial charge >= 0.3 is 0 Å². The molecule has 43 heavy (non-hydrogen) atoms. The number of benzene rings is 3. The van der Waals surface area contributed by atoms with Crippen molar-refractivity contribution in [3.63, 3.8) is 0 Å². The Morgan fingerprint density at radius 2 is 1.58 bits per heavy atom. The molecule has 0 aliphatic heterocycles. The third kappa shape index (κ3) is 8.97. The number of nitrogens with zero attached hydrogens (tertiary/aromatic N) is 2. The molecule has 0 spiro atoms. The lowest BCUT2D eigenvalue weighted by molar-refractivity contribution is -0.141. The number of anilines is 1. The Morgan fingerprint density at radius 3 is 2.14 bits per heavy atom. The SMILES string of the molecule is CCOc1ccc(S(=O)(=O)N(CC(=O)N(Cc2cccc(OC)c2)[C@@H](CC)C(=O)NC(C)(C)C)c2ccc(C)cc2)cc1. The summed E-state index contributed by atoms with van der Waals surface area (Å²) < 4.78 is 40.1. The van der Waals surface area contributed by atoms with Crippen molar-refractivity contribution in [1.82, 2.24) is 10.2 Å². The van der Waals surface area contributed by atoms with Crippen LogP contribution in [-0.2, 0) is 26.2 Å². The van der Waals surface area contributed by atoms with E-state index in [0.717, 1.165) is 15.4 Å². The summed E-state index contributed by atoms with van der Waals surface area (Å²) >= 11 is 0. The Kier molecular flexibility index (Phi) is 11.2. The number of carbonyl (C=O) groups excluding carboxylic acids is 2. The Bertz CT molecular complexity index is 1480. The van der Waals surface area contributed by atoms with Crippen LogP contribution in [0.3, 0.4) is 0 Å². The van der Waals surface area contributed by atoms with Gasteiger partial charge in [0.25, 0.3) is 10.0 Å². The van der Waals surface area contributed by atoms with Crippen LogP contribution < -0.4 is 19.1 Å². The van der Waals surface area contributed by atoms with E-state index in [1.807, 2.05) is 53.7 Å². The molecule has 3 aromatic rings. The Labute approximate surface area is 255 Å². The van der Waals surface area contributed by atoms with Crippen LogP contribution in [0.5, 0.6) is 11.5 Å². The molecule has 0 aliphatic rings. The summed E-state index contributed by atoms with van der Waals surface area (Å²) in [4.78, 5) is 29.2. The van der Waals surface area contributed by atoms with Gasteiger partial charge in [0.05, 0.1) is 24.3 Å². The maximum absolute atomic E-state index is 14.2. The Balaban J connectivity index is 2.07. The molecule has 0 aromatic heterocycles. The van der Waals surface area contributed by atoms with Crippen LogP contribution in [0.25, 0.3) is 0 Å². The van der Waals surface area contributed by atoms with E-state index >= 15 is 0 Å². The summed E-state index contributed by atoms with van der Waals surface area (Å²) in [6.07, 6.45) is 0.327. The standard InChI is InChI=1S/C33H43N3O6S/c1-8-30(32(38)34-33(4,5)6)35(22-25-11-10-12-28(21-25)41-7)31(37)23-36(26-15-13-24(3)14-16-26)43(39,40)29-19-17-27(18-20-29)42-9-2/h10-21,30H,8-9,22-23H2,1-7H3,(H,34,38)/t30-/m0/s1. The number of rotatable bonds is 13. The van der Waals surface area contributed by atoms with Crippen LogP contribution in [0, 0.1) is 6.92 Å². The predicted molar refractivity (Wildman–Crippen MR) is 169 cm³/mol. The van der Waals surface area contributed by atoms with Gasteiger partial charge in [-0.25, -0.2) is 8.42 Å². The molecular weight excluding hydrogens is 566 g/mol. The van der Waals surface area contributed by atoms with Crippen LogP contribution >= 0.6 is 0 Å². The van der Waals surface area contributed by atoms with E-state index in [1.54, 1.807) is 55.6 Å². The lowest BCUT2D eigenvalue weighted by atomic mass is 10.1. The molecule has 0 aliphatic carbocycles. The quantitative estimate of drug-likeness (QED) is 0.281. The highest BCUT2D eigenvalue weighted by atomic mass is 32.2. The van der Waals surface area contributed by atoms with Crippen molar-refractivity contribution in [2.24, 2.45) is 0 Å². The van der Waals surface area contributed by atoms with Crippen molar-refractivity contribution >= 4 is 27.5 Å². The first-order chi connectivity index (χ1) is 20.3. The topological polar surface area (TPSA) is 105 Å². The number of aryl methyl sites for hydroxylation is 1. The second-order valence-corrected chi connectivity index (χ2v) is 13.2. The van der Waals surface area contributed by atoms with E-state index < -0.39 is 34.1 Å². The van der Waals surface area contributed by atoms with Gasteiger partial charge in [0.15, 0.2) is 0 Å². The third-order valence-corrected chi connectivity index (χ3v) is 8.48. The summed E-state index contributed by atoms with van der Waals surface area (Å²) in [5, 5.41) is 2.98.